The largest absolute Gasteiger partial charge is 0.346 e. The van der Waals surface area contributed by atoms with Crippen LogP contribution in [0.2, 0.25) is 0 Å². The van der Waals surface area contributed by atoms with Crippen molar-refractivity contribution in [2.75, 3.05) is 13.6 Å². The van der Waals surface area contributed by atoms with E-state index in [1.165, 1.54) is 38.5 Å². The second-order valence-electron chi connectivity index (χ2n) is 6.57. The quantitative estimate of drug-likeness (QED) is 0.752. The molecule has 0 aliphatic heterocycles. The molecule has 0 saturated heterocycles. The molecule has 1 saturated carbocycles. The van der Waals surface area contributed by atoms with Gasteiger partial charge in [0.25, 0.3) is 0 Å². The molecule has 1 rings (SSSR count). The summed E-state index contributed by atoms with van der Waals surface area (Å²) in [6, 6.07) is 0.202. The van der Waals surface area contributed by atoms with Crippen LogP contribution in [0.4, 0.5) is 0 Å². The van der Waals surface area contributed by atoms with Crippen LogP contribution in [0, 0.1) is 11.8 Å². The predicted molar refractivity (Wildman–Crippen MR) is 80.9 cm³/mol. The third-order valence-electron chi connectivity index (χ3n) is 4.52. The van der Waals surface area contributed by atoms with Crippen molar-refractivity contribution >= 4 is 5.91 Å². The van der Waals surface area contributed by atoms with E-state index in [9.17, 15) is 4.79 Å². The monoisotopic (exact) mass is 268 g/mol. The van der Waals surface area contributed by atoms with Gasteiger partial charge >= 0.3 is 0 Å². The summed E-state index contributed by atoms with van der Waals surface area (Å²) in [6.45, 7) is 5.07. The number of rotatable bonds is 6. The van der Waals surface area contributed by atoms with E-state index in [-0.39, 0.29) is 6.04 Å². The molecule has 1 unspecified atom stereocenters. The van der Waals surface area contributed by atoms with Gasteiger partial charge in [-0.15, -0.1) is 0 Å². The number of carbonyl (C=O) groups excluding carboxylic acids is 1. The molecule has 0 aromatic carbocycles. The van der Waals surface area contributed by atoms with Crippen LogP contribution < -0.4 is 5.73 Å². The minimum Gasteiger partial charge on any atom is -0.346 e. The molecule has 0 aromatic heterocycles. The third kappa shape index (κ3) is 6.42. The van der Waals surface area contributed by atoms with Crippen molar-refractivity contribution in [3.05, 3.63) is 0 Å². The fourth-order valence-electron chi connectivity index (χ4n) is 2.77. The number of amides is 1. The number of carbonyl (C=O) groups is 1. The number of hydrogen-bond acceptors (Lipinski definition) is 2. The van der Waals surface area contributed by atoms with E-state index in [2.05, 4.69) is 13.8 Å². The fraction of sp³-hybridized carbons (Fsp3) is 0.938. The van der Waals surface area contributed by atoms with Gasteiger partial charge in [-0.2, -0.15) is 0 Å². The summed E-state index contributed by atoms with van der Waals surface area (Å²) >= 11 is 0. The highest BCUT2D eigenvalue weighted by Gasteiger charge is 2.19. The van der Waals surface area contributed by atoms with Gasteiger partial charge in [-0.3, -0.25) is 4.79 Å². The Morgan fingerprint density at radius 2 is 1.79 bits per heavy atom. The van der Waals surface area contributed by atoms with E-state index in [1.807, 2.05) is 11.9 Å². The Labute approximate surface area is 118 Å². The normalized spacial score (nSPS) is 19.2. The van der Waals surface area contributed by atoms with Gasteiger partial charge in [0.05, 0.1) is 0 Å². The van der Waals surface area contributed by atoms with E-state index >= 15 is 0 Å². The van der Waals surface area contributed by atoms with E-state index < -0.39 is 0 Å². The van der Waals surface area contributed by atoms with Gasteiger partial charge in [0.2, 0.25) is 5.91 Å². The molecular weight excluding hydrogens is 236 g/mol. The second kappa shape index (κ2) is 8.57. The molecule has 1 aliphatic rings. The summed E-state index contributed by atoms with van der Waals surface area (Å²) < 4.78 is 0. The molecule has 1 amide bonds. The molecule has 1 aliphatic carbocycles. The molecule has 3 nitrogen and oxygen atoms in total. The maximum Gasteiger partial charge on any atom is 0.222 e. The molecule has 19 heavy (non-hydrogen) atoms. The van der Waals surface area contributed by atoms with Crippen LogP contribution in [0.25, 0.3) is 0 Å². The number of hydrogen-bond donors (Lipinski definition) is 1. The molecule has 1 fully saturated rings. The lowest BCUT2D eigenvalue weighted by molar-refractivity contribution is -0.131. The summed E-state index contributed by atoms with van der Waals surface area (Å²) in [6.07, 6.45) is 9.45. The van der Waals surface area contributed by atoms with Gasteiger partial charge in [0.15, 0.2) is 0 Å². The Morgan fingerprint density at radius 1 is 1.21 bits per heavy atom. The first kappa shape index (κ1) is 16.5. The Bertz CT molecular complexity index is 257. The Balaban J connectivity index is 2.27. The summed E-state index contributed by atoms with van der Waals surface area (Å²) in [7, 11) is 1.92. The fourth-order valence-corrected chi connectivity index (χ4v) is 2.77. The zero-order valence-corrected chi connectivity index (χ0v) is 13.0. The number of nitrogens with zero attached hydrogens (tertiary/aromatic N) is 1. The molecule has 0 bridgehead atoms. The van der Waals surface area contributed by atoms with Crippen molar-refractivity contribution in [1.82, 2.24) is 4.90 Å². The first-order valence-corrected chi connectivity index (χ1v) is 8.00. The standard InChI is InChI=1S/C16H32N2O/c1-13(2)15(17)10-11-18(3)16(19)12-14-8-6-4-5-7-9-14/h13-15H,4-12,17H2,1-3H3. The van der Waals surface area contributed by atoms with Crippen molar-refractivity contribution in [1.29, 1.82) is 0 Å². The zero-order chi connectivity index (χ0) is 14.3. The summed E-state index contributed by atoms with van der Waals surface area (Å²) in [4.78, 5) is 14.1. The third-order valence-corrected chi connectivity index (χ3v) is 4.52. The lowest BCUT2D eigenvalue weighted by Crippen LogP contribution is -2.35. The van der Waals surface area contributed by atoms with Crippen LogP contribution in [0.3, 0.4) is 0 Å². The van der Waals surface area contributed by atoms with Gasteiger partial charge in [0.1, 0.15) is 0 Å². The van der Waals surface area contributed by atoms with E-state index in [0.29, 0.717) is 17.7 Å². The van der Waals surface area contributed by atoms with Gasteiger partial charge in [-0.1, -0.05) is 39.5 Å². The molecule has 0 radical (unpaired) electrons. The lowest BCUT2D eigenvalue weighted by Gasteiger charge is -2.23. The molecule has 1 atom stereocenters. The maximum atomic E-state index is 12.2. The van der Waals surface area contributed by atoms with Gasteiger partial charge in [-0.25, -0.2) is 0 Å². The van der Waals surface area contributed by atoms with Crippen molar-refractivity contribution in [3.8, 4) is 0 Å². The predicted octanol–water partition coefficient (Wildman–Crippen LogP) is 3.18. The SMILES string of the molecule is CC(C)C(N)CCN(C)C(=O)CC1CCCCCC1. The maximum absolute atomic E-state index is 12.2. The van der Waals surface area contributed by atoms with Gasteiger partial charge in [0, 0.05) is 26.1 Å². The minimum absolute atomic E-state index is 0.202. The highest BCUT2D eigenvalue weighted by molar-refractivity contribution is 5.76. The van der Waals surface area contributed by atoms with Crippen molar-refractivity contribution in [3.63, 3.8) is 0 Å². The second-order valence-corrected chi connectivity index (χ2v) is 6.57. The van der Waals surface area contributed by atoms with Crippen molar-refractivity contribution in [2.45, 2.75) is 71.3 Å². The Morgan fingerprint density at radius 3 is 2.32 bits per heavy atom. The van der Waals surface area contributed by atoms with Crippen LogP contribution in [-0.2, 0) is 4.79 Å². The van der Waals surface area contributed by atoms with Crippen LogP contribution in [-0.4, -0.2) is 30.4 Å². The smallest absolute Gasteiger partial charge is 0.222 e. The lowest BCUT2D eigenvalue weighted by atomic mass is 9.96. The molecular formula is C16H32N2O. The van der Waals surface area contributed by atoms with Crippen LogP contribution in [0.1, 0.15) is 65.2 Å². The molecule has 0 aromatic rings. The van der Waals surface area contributed by atoms with Crippen molar-refractivity contribution < 1.29 is 4.79 Å². The van der Waals surface area contributed by atoms with Gasteiger partial charge < -0.3 is 10.6 Å². The van der Waals surface area contributed by atoms with Crippen molar-refractivity contribution in [2.24, 2.45) is 17.6 Å². The molecule has 0 heterocycles. The van der Waals surface area contributed by atoms with Crippen LogP contribution in [0.5, 0.6) is 0 Å². The van der Waals surface area contributed by atoms with Gasteiger partial charge in [-0.05, 0) is 31.1 Å². The summed E-state index contributed by atoms with van der Waals surface area (Å²) in [5.41, 5.74) is 6.03. The zero-order valence-electron chi connectivity index (χ0n) is 13.0. The molecule has 112 valence electrons. The first-order chi connectivity index (χ1) is 9.00. The summed E-state index contributed by atoms with van der Waals surface area (Å²) in [5.74, 6) is 1.42. The Hall–Kier alpha value is -0.570. The summed E-state index contributed by atoms with van der Waals surface area (Å²) in [5, 5.41) is 0. The minimum atomic E-state index is 0.202. The molecule has 3 heteroatoms. The highest BCUT2D eigenvalue weighted by Crippen LogP contribution is 2.25. The first-order valence-electron chi connectivity index (χ1n) is 8.00. The van der Waals surface area contributed by atoms with E-state index in [1.54, 1.807) is 0 Å². The average Bonchev–Trinajstić information content (AvgIpc) is 2.63. The molecule has 2 N–H and O–H groups in total. The Kier molecular flexibility index (Phi) is 7.44. The topological polar surface area (TPSA) is 46.3 Å². The highest BCUT2D eigenvalue weighted by atomic mass is 16.2. The number of nitrogens with two attached hydrogens (primary N) is 1. The van der Waals surface area contributed by atoms with E-state index in [4.69, 9.17) is 5.73 Å². The van der Waals surface area contributed by atoms with E-state index in [0.717, 1.165) is 19.4 Å². The van der Waals surface area contributed by atoms with Crippen LogP contribution in [0.15, 0.2) is 0 Å². The average molecular weight is 268 g/mol. The van der Waals surface area contributed by atoms with Crippen LogP contribution >= 0.6 is 0 Å². The molecule has 0 spiro atoms.